The standard InChI is InChI=1S/C42H62O15/c1-22-9-8-10-27-20-50-39-35(43)24(3)15-30(42(27,39)46)40(45)54-29-16-28(57-41(19-29)21-49-13-14-51-41)12-11-23(2)37(22)55-34-18-32(48-7)38(26(5)53-34)56-33-17-31(47-6)36(44)25(4)52-33/h8-11,15,22,25-26,28-39,43-44,46H,12-14,16-21H2,1-7H3/b9-8+,23-11+,27-10+/t22-,25-,26-,28+,29-,30-,31-,32-,33-,34-,35+,36-,37-,38-,39+,41+,42+/m0/s1. The molecular formula is C42H62O15. The van der Waals surface area contributed by atoms with Crippen molar-refractivity contribution in [1.82, 2.24) is 0 Å². The molecule has 15 nitrogen and oxygen atoms in total. The summed E-state index contributed by atoms with van der Waals surface area (Å²) in [6.45, 7) is 10.5. The number of carbonyl (C=O) groups is 1. The zero-order chi connectivity index (χ0) is 40.6. The molecule has 0 saturated carbocycles. The maximum atomic E-state index is 14.1. The minimum Gasteiger partial charge on any atom is -0.462 e. The lowest BCUT2D eigenvalue weighted by Crippen LogP contribution is -2.58. The lowest BCUT2D eigenvalue weighted by atomic mass is 9.71. The van der Waals surface area contributed by atoms with E-state index >= 15 is 0 Å². The first-order valence-corrected chi connectivity index (χ1v) is 20.5. The van der Waals surface area contributed by atoms with E-state index in [0.29, 0.717) is 50.0 Å². The van der Waals surface area contributed by atoms with Crippen molar-refractivity contribution in [2.45, 2.75) is 158 Å². The Balaban J connectivity index is 1.15. The van der Waals surface area contributed by atoms with Gasteiger partial charge in [-0.3, -0.25) is 4.79 Å². The first-order chi connectivity index (χ1) is 27.2. The number of methoxy groups -OCH3 is 2. The molecular weight excluding hydrogens is 744 g/mol. The smallest absolute Gasteiger partial charge is 0.316 e. The van der Waals surface area contributed by atoms with Gasteiger partial charge in [-0.15, -0.1) is 0 Å². The van der Waals surface area contributed by atoms with Crippen LogP contribution in [0.4, 0.5) is 0 Å². The summed E-state index contributed by atoms with van der Waals surface area (Å²) in [4.78, 5) is 14.1. The number of aliphatic hydroxyl groups is 3. The van der Waals surface area contributed by atoms with Gasteiger partial charge in [-0.1, -0.05) is 37.3 Å². The molecule has 6 heterocycles. The summed E-state index contributed by atoms with van der Waals surface area (Å²) in [7, 11) is 3.20. The normalized spacial score (nSPS) is 49.5. The number of aliphatic hydroxyl groups excluding tert-OH is 2. The third-order valence-electron chi connectivity index (χ3n) is 12.7. The molecule has 0 aromatic heterocycles. The Morgan fingerprint density at radius 1 is 0.895 bits per heavy atom. The average molecular weight is 807 g/mol. The van der Waals surface area contributed by atoms with Crippen LogP contribution in [0.2, 0.25) is 0 Å². The molecule has 1 spiro atoms. The lowest BCUT2D eigenvalue weighted by Gasteiger charge is -2.46. The SMILES string of the molecule is CO[C@H]1C[C@H](O[C@H]2[C@H](C)O[C@@H](O[C@@H]3/C(C)=C/C[C@@H]4C[C@@H](C[C@]5(COCCO5)O4)OC(=O)[C@@H]4C=C(C)[C@@H](O)[C@H]5OC/C(=C\C=C\[C@@H]3C)[C@]54O)C[C@@H]2OC)O[C@@H](C)[C@@H]1O. The maximum Gasteiger partial charge on any atom is 0.316 e. The number of ether oxygens (including phenoxy) is 11. The van der Waals surface area contributed by atoms with E-state index in [2.05, 4.69) is 6.08 Å². The molecule has 3 N–H and O–H groups in total. The lowest BCUT2D eigenvalue weighted by molar-refractivity contribution is -0.336. The van der Waals surface area contributed by atoms with E-state index in [0.717, 1.165) is 5.57 Å². The fraction of sp³-hybridized carbons (Fsp3) is 0.786. The summed E-state index contributed by atoms with van der Waals surface area (Å²) in [6.07, 6.45) is 3.43. The van der Waals surface area contributed by atoms with Crippen LogP contribution in [0, 0.1) is 11.8 Å². The van der Waals surface area contributed by atoms with Gasteiger partial charge in [0.2, 0.25) is 0 Å². The Morgan fingerprint density at radius 2 is 1.63 bits per heavy atom. The molecule has 5 fully saturated rings. The van der Waals surface area contributed by atoms with Gasteiger partial charge in [-0.05, 0) is 50.8 Å². The van der Waals surface area contributed by atoms with E-state index < -0.39 is 90.8 Å². The molecule has 2 bridgehead atoms. The summed E-state index contributed by atoms with van der Waals surface area (Å²) in [6, 6.07) is 0. The topological polar surface area (TPSA) is 179 Å². The molecule has 57 heavy (non-hydrogen) atoms. The monoisotopic (exact) mass is 806 g/mol. The molecule has 15 heteroatoms. The fourth-order valence-electron chi connectivity index (χ4n) is 9.52. The van der Waals surface area contributed by atoms with Crippen LogP contribution in [-0.2, 0) is 56.9 Å². The van der Waals surface area contributed by atoms with Gasteiger partial charge < -0.3 is 67.4 Å². The molecule has 0 radical (unpaired) electrons. The molecule has 7 rings (SSSR count). The number of hydrogen-bond acceptors (Lipinski definition) is 15. The number of esters is 1. The average Bonchev–Trinajstić information content (AvgIpc) is 3.52. The summed E-state index contributed by atoms with van der Waals surface area (Å²) in [5.41, 5.74) is 0.107. The number of fused-ring (bicyclic) bond motifs is 2. The van der Waals surface area contributed by atoms with Crippen LogP contribution in [0.1, 0.15) is 66.7 Å². The van der Waals surface area contributed by atoms with Crippen molar-refractivity contribution in [2.75, 3.05) is 40.6 Å². The van der Waals surface area contributed by atoms with Crippen molar-refractivity contribution in [3.05, 3.63) is 47.1 Å². The van der Waals surface area contributed by atoms with Crippen LogP contribution in [0.3, 0.4) is 0 Å². The Kier molecular flexibility index (Phi) is 13.5. The zero-order valence-corrected chi connectivity index (χ0v) is 34.2. The van der Waals surface area contributed by atoms with Crippen molar-refractivity contribution in [1.29, 1.82) is 0 Å². The minimum absolute atomic E-state index is 0.0291. The van der Waals surface area contributed by atoms with E-state index in [4.69, 9.17) is 52.1 Å². The number of carbonyl (C=O) groups excluding carboxylic acids is 1. The van der Waals surface area contributed by atoms with Gasteiger partial charge >= 0.3 is 5.97 Å². The summed E-state index contributed by atoms with van der Waals surface area (Å²) < 4.78 is 68.0. The van der Waals surface area contributed by atoms with Gasteiger partial charge in [0, 0.05) is 45.8 Å². The number of hydrogen-bond donors (Lipinski definition) is 3. The van der Waals surface area contributed by atoms with Gasteiger partial charge in [0.05, 0.1) is 56.4 Å². The first kappa shape index (κ1) is 43.0. The second-order valence-corrected chi connectivity index (χ2v) is 16.8. The molecule has 0 aromatic carbocycles. The molecule has 0 amide bonds. The summed E-state index contributed by atoms with van der Waals surface area (Å²) in [5.74, 6) is -2.99. The van der Waals surface area contributed by atoms with Gasteiger partial charge in [0.1, 0.15) is 48.6 Å². The second-order valence-electron chi connectivity index (χ2n) is 16.8. The highest BCUT2D eigenvalue weighted by Gasteiger charge is 2.60. The number of rotatable bonds is 6. The predicted octanol–water partition coefficient (Wildman–Crippen LogP) is 2.79. The molecule has 0 aromatic rings. The highest BCUT2D eigenvalue weighted by atomic mass is 16.7. The van der Waals surface area contributed by atoms with Crippen LogP contribution >= 0.6 is 0 Å². The Hall–Kier alpha value is -2.09. The van der Waals surface area contributed by atoms with Crippen LogP contribution in [0.25, 0.3) is 0 Å². The minimum atomic E-state index is -1.83. The van der Waals surface area contributed by atoms with Crippen molar-refractivity contribution in [2.24, 2.45) is 11.8 Å². The second kappa shape index (κ2) is 17.9. The van der Waals surface area contributed by atoms with Gasteiger partial charge in [-0.25, -0.2) is 0 Å². The molecule has 7 aliphatic rings. The Bertz CT molecular complexity index is 1540. The van der Waals surface area contributed by atoms with E-state index in [1.54, 1.807) is 40.2 Å². The molecule has 320 valence electrons. The van der Waals surface area contributed by atoms with Gasteiger partial charge in [0.15, 0.2) is 18.4 Å². The predicted molar refractivity (Wildman–Crippen MR) is 201 cm³/mol. The molecule has 5 saturated heterocycles. The Morgan fingerprint density at radius 3 is 2.37 bits per heavy atom. The first-order valence-electron chi connectivity index (χ1n) is 20.5. The van der Waals surface area contributed by atoms with E-state index in [-0.39, 0.29) is 37.8 Å². The van der Waals surface area contributed by atoms with Crippen molar-refractivity contribution < 1.29 is 72.2 Å². The fourth-order valence-corrected chi connectivity index (χ4v) is 9.52. The highest BCUT2D eigenvalue weighted by molar-refractivity contribution is 5.78. The number of allylic oxidation sites excluding steroid dienone is 2. The molecule has 17 atom stereocenters. The van der Waals surface area contributed by atoms with Crippen LogP contribution in [-0.4, -0.2) is 153 Å². The quantitative estimate of drug-likeness (QED) is 0.264. The summed E-state index contributed by atoms with van der Waals surface area (Å²) in [5, 5.41) is 33.9. The van der Waals surface area contributed by atoms with Crippen molar-refractivity contribution in [3.8, 4) is 0 Å². The van der Waals surface area contributed by atoms with E-state index in [1.165, 1.54) is 0 Å². The molecule has 6 aliphatic heterocycles. The molecule has 1 aliphatic carbocycles. The Labute approximate surface area is 335 Å². The third kappa shape index (κ3) is 8.88. The van der Waals surface area contributed by atoms with Crippen molar-refractivity contribution >= 4 is 5.97 Å². The maximum absolute atomic E-state index is 14.1. The van der Waals surface area contributed by atoms with Crippen LogP contribution < -0.4 is 0 Å². The van der Waals surface area contributed by atoms with Crippen molar-refractivity contribution in [3.63, 3.8) is 0 Å². The van der Waals surface area contributed by atoms with Gasteiger partial charge in [-0.2, -0.15) is 0 Å². The van der Waals surface area contributed by atoms with E-state index in [9.17, 15) is 20.1 Å². The van der Waals surface area contributed by atoms with Gasteiger partial charge in [0.25, 0.3) is 0 Å². The van der Waals surface area contributed by atoms with Crippen LogP contribution in [0.15, 0.2) is 47.1 Å². The molecule has 0 unspecified atom stereocenters. The van der Waals surface area contributed by atoms with E-state index in [1.807, 2.05) is 32.9 Å². The van der Waals surface area contributed by atoms with Crippen LogP contribution in [0.5, 0.6) is 0 Å². The largest absolute Gasteiger partial charge is 0.462 e. The third-order valence-corrected chi connectivity index (χ3v) is 12.7. The zero-order valence-electron chi connectivity index (χ0n) is 34.2. The summed E-state index contributed by atoms with van der Waals surface area (Å²) >= 11 is 0. The highest BCUT2D eigenvalue weighted by Crippen LogP contribution is 2.46.